The van der Waals surface area contributed by atoms with E-state index in [2.05, 4.69) is 48.5 Å². The Kier molecular flexibility index (Phi) is 19.0. The molecule has 0 N–H and O–H groups in total. The highest BCUT2D eigenvalue weighted by atomic mass is 35.5. The number of benzene rings is 4. The molecule has 2 heterocycles. The van der Waals surface area contributed by atoms with Crippen LogP contribution in [0.4, 0.5) is 0 Å². The van der Waals surface area contributed by atoms with E-state index in [1.165, 1.54) is 129 Å². The highest BCUT2D eigenvalue weighted by Crippen LogP contribution is 2.59. The second kappa shape index (κ2) is 25.4. The molecule has 432 valence electrons. The molecule has 4 aromatic carbocycles. The van der Waals surface area contributed by atoms with Crippen molar-refractivity contribution in [2.75, 3.05) is 7.11 Å². The maximum absolute atomic E-state index is 12.3. The number of ether oxygens (including phenoxy) is 7. The molecule has 4 saturated carbocycles. The molecule has 0 radical (unpaired) electrons. The smallest absolute Gasteiger partial charge is 0.303 e. The molecule has 2 unspecified atom stereocenters. The van der Waals surface area contributed by atoms with Crippen molar-refractivity contribution in [2.24, 2.45) is 22.7 Å². The van der Waals surface area contributed by atoms with Gasteiger partial charge >= 0.3 is 23.9 Å². The van der Waals surface area contributed by atoms with Gasteiger partial charge < -0.3 is 33.2 Å². The van der Waals surface area contributed by atoms with Gasteiger partial charge in [0.2, 0.25) is 5.79 Å². The van der Waals surface area contributed by atoms with Gasteiger partial charge in [-0.1, -0.05) is 118 Å². The summed E-state index contributed by atoms with van der Waals surface area (Å²) < 4.78 is 42.2. The van der Waals surface area contributed by atoms with E-state index < -0.39 is 60.2 Å². The summed E-state index contributed by atoms with van der Waals surface area (Å²) in [4.78, 5) is 48.4. The monoisotopic (exact) mass is 1130 g/mol. The molecule has 80 heavy (non-hydrogen) atoms. The maximum Gasteiger partial charge on any atom is 0.303 e. The molecule has 13 heteroatoms. The van der Waals surface area contributed by atoms with Crippen molar-refractivity contribution >= 4 is 47.1 Å². The molecule has 0 amide bonds. The van der Waals surface area contributed by atoms with Crippen molar-refractivity contribution in [2.45, 2.75) is 218 Å². The largest absolute Gasteiger partial charge is 0.458 e. The third kappa shape index (κ3) is 13.7. The number of halogens is 2. The molecule has 4 aromatic rings. The zero-order chi connectivity index (χ0) is 57.1. The van der Waals surface area contributed by atoms with E-state index in [4.69, 9.17) is 56.4 Å². The van der Waals surface area contributed by atoms with Gasteiger partial charge in [-0.25, -0.2) is 0 Å². The van der Waals surface area contributed by atoms with E-state index in [0.717, 1.165) is 28.7 Å². The van der Waals surface area contributed by atoms with Gasteiger partial charge in [0.05, 0.1) is 12.2 Å². The van der Waals surface area contributed by atoms with Crippen molar-refractivity contribution in [3.8, 4) is 0 Å². The molecule has 6 aliphatic rings. The Bertz CT molecular complexity index is 2800. The summed E-state index contributed by atoms with van der Waals surface area (Å²) in [5.41, 5.74) is 10.0. The zero-order valence-electron chi connectivity index (χ0n) is 48.5. The van der Waals surface area contributed by atoms with E-state index in [1.807, 2.05) is 64.1 Å². The molecule has 10 atom stereocenters. The van der Waals surface area contributed by atoms with E-state index in [1.54, 1.807) is 0 Å². The van der Waals surface area contributed by atoms with Gasteiger partial charge in [-0.2, -0.15) is 0 Å². The second-order valence-corrected chi connectivity index (χ2v) is 25.3. The van der Waals surface area contributed by atoms with Crippen LogP contribution in [0.1, 0.15) is 208 Å². The zero-order valence-corrected chi connectivity index (χ0v) is 50.0. The first kappa shape index (κ1) is 59.8. The summed E-state index contributed by atoms with van der Waals surface area (Å²) in [6, 6.07) is 29.4. The highest BCUT2D eigenvalue weighted by Gasteiger charge is 2.58. The molecule has 2 saturated heterocycles. The lowest BCUT2D eigenvalue weighted by Crippen LogP contribution is -2.62. The minimum absolute atomic E-state index is 0.122. The first-order valence-electron chi connectivity index (χ1n) is 29.6. The van der Waals surface area contributed by atoms with Crippen LogP contribution in [0, 0.1) is 22.7 Å². The van der Waals surface area contributed by atoms with Crippen LogP contribution in [0.25, 0.3) is 0 Å². The number of carbonyl (C=O) groups is 4. The maximum atomic E-state index is 12.3. The van der Waals surface area contributed by atoms with Gasteiger partial charge in [0.15, 0.2) is 12.2 Å². The minimum atomic E-state index is -1.48. The Labute approximate surface area is 484 Å². The lowest BCUT2D eigenvalue weighted by Gasteiger charge is -2.50. The predicted octanol–water partition coefficient (Wildman–Crippen LogP) is 15.2. The van der Waals surface area contributed by atoms with Crippen molar-refractivity contribution in [3.05, 3.63) is 139 Å². The number of hydrogen-bond donors (Lipinski definition) is 0. The quantitative estimate of drug-likeness (QED) is 0.0832. The fourth-order valence-corrected chi connectivity index (χ4v) is 14.2. The third-order valence-electron chi connectivity index (χ3n) is 19.0. The molecule has 0 aromatic heterocycles. The van der Waals surface area contributed by atoms with Crippen LogP contribution in [0.2, 0.25) is 10.0 Å². The molecular formula is C67H84Cl2O11. The number of esters is 4. The standard InChI is InChI=1S/C34H43ClO6.C33H41ClO5/c1-6-30-21(2)31(39-22(3)36)32(40-23(4)37)34(38-5,41-30)28-11-12-29(35)27(20-28)19-24-7-9-25(10-8-24)26-13-15-33(16-14-26)17-18-33;1-5-29-20(2)30(37-21(3)35)32(38-22(4)36)31(39-29)26-10-11-28(34)27(19-26)18-23-6-8-24(9-7-23)25-12-14-33(15-13-25)16-17-33/h7-12,20-21,26,30-32H,6,13-19H2,1-5H3;6-11,19-20,25,29-32H,5,12-18H2,1-4H3/t21-,30-,31+,32-,34?;20-,29-,30+,31?,32-/m11/s1. The molecule has 2 aliphatic heterocycles. The summed E-state index contributed by atoms with van der Waals surface area (Å²) in [5, 5.41) is 1.31. The Morgan fingerprint density at radius 2 is 0.950 bits per heavy atom. The fraction of sp³-hybridized carbons (Fsp3) is 0.582. The van der Waals surface area contributed by atoms with E-state index in [-0.39, 0.29) is 24.0 Å². The summed E-state index contributed by atoms with van der Waals surface area (Å²) >= 11 is 13.4. The van der Waals surface area contributed by atoms with Crippen molar-refractivity contribution in [3.63, 3.8) is 0 Å². The summed E-state index contributed by atoms with van der Waals surface area (Å²) in [7, 11) is 1.52. The van der Waals surface area contributed by atoms with Crippen molar-refractivity contribution < 1.29 is 52.3 Å². The van der Waals surface area contributed by atoms with Crippen molar-refractivity contribution in [1.29, 1.82) is 0 Å². The van der Waals surface area contributed by atoms with Crippen LogP contribution in [-0.4, -0.2) is 67.6 Å². The van der Waals surface area contributed by atoms with Gasteiger partial charge in [0.25, 0.3) is 0 Å². The Morgan fingerprint density at radius 1 is 0.525 bits per heavy atom. The lowest BCUT2D eigenvalue weighted by molar-refractivity contribution is -0.356. The minimum Gasteiger partial charge on any atom is -0.458 e. The van der Waals surface area contributed by atoms with Crippen molar-refractivity contribution in [1.82, 2.24) is 0 Å². The topological polar surface area (TPSA) is 133 Å². The predicted molar refractivity (Wildman–Crippen MR) is 309 cm³/mol. The molecule has 10 rings (SSSR count). The van der Waals surface area contributed by atoms with Gasteiger partial charge in [0.1, 0.15) is 18.3 Å². The van der Waals surface area contributed by atoms with Gasteiger partial charge in [-0.3, -0.25) is 19.2 Å². The number of rotatable bonds is 15. The highest BCUT2D eigenvalue weighted by molar-refractivity contribution is 6.31. The van der Waals surface area contributed by atoms with Crippen LogP contribution in [0.5, 0.6) is 0 Å². The first-order valence-corrected chi connectivity index (χ1v) is 30.4. The molecule has 11 nitrogen and oxygen atoms in total. The number of methoxy groups -OCH3 is 1. The van der Waals surface area contributed by atoms with E-state index >= 15 is 0 Å². The van der Waals surface area contributed by atoms with E-state index in [9.17, 15) is 19.2 Å². The van der Waals surface area contributed by atoms with E-state index in [0.29, 0.717) is 57.5 Å². The van der Waals surface area contributed by atoms with Crippen LogP contribution >= 0.6 is 23.2 Å². The molecule has 4 aliphatic carbocycles. The molecule has 0 bridgehead atoms. The summed E-state index contributed by atoms with van der Waals surface area (Å²) in [6.45, 7) is 13.4. The Morgan fingerprint density at radius 3 is 1.40 bits per heavy atom. The van der Waals surface area contributed by atoms with Crippen LogP contribution < -0.4 is 0 Å². The number of hydrogen-bond acceptors (Lipinski definition) is 11. The summed E-state index contributed by atoms with van der Waals surface area (Å²) in [5.74, 6) is -2.30. The average molecular weight is 1140 g/mol. The van der Waals surface area contributed by atoms with Crippen LogP contribution in [0.15, 0.2) is 84.9 Å². The number of carbonyl (C=O) groups excluding carboxylic acids is 4. The van der Waals surface area contributed by atoms with Gasteiger partial charge in [0, 0.05) is 62.2 Å². The Balaban J connectivity index is 0.000000194. The second-order valence-electron chi connectivity index (χ2n) is 24.5. The molecular weight excluding hydrogens is 1050 g/mol. The Hall–Kier alpha value is -4.78. The van der Waals surface area contributed by atoms with Crippen LogP contribution in [0.3, 0.4) is 0 Å². The normalized spacial score (nSPS) is 29.4. The lowest BCUT2D eigenvalue weighted by atomic mass is 9.77. The van der Waals surface area contributed by atoms with Gasteiger partial charge in [-0.15, -0.1) is 0 Å². The average Bonchev–Trinajstić information content (AvgIpc) is 4.40. The van der Waals surface area contributed by atoms with Crippen LogP contribution in [-0.2, 0) is 71.0 Å². The summed E-state index contributed by atoms with van der Waals surface area (Å²) in [6.07, 6.45) is 15.0. The SMILES string of the molecule is CC[C@H]1OC(OC)(c2ccc(Cl)c(Cc3ccc(C4CCC5(CC4)CC5)cc3)c2)[C@H](OC(C)=O)[C@@H](OC(C)=O)[C@@H]1C.CC[C@H]1OC(c2ccc(Cl)c(Cc3ccc(C4CCC5(CC4)CC5)cc3)c2)[C@H](OC(C)=O)[C@@H](OC(C)=O)[C@@H]1C. The molecule has 6 fully saturated rings. The third-order valence-corrected chi connectivity index (χ3v) is 19.7. The first-order chi connectivity index (χ1) is 38.3. The molecule has 2 spiro atoms. The van der Waals surface area contributed by atoms with Gasteiger partial charge in [-0.05, 0) is 183 Å². The fourth-order valence-electron chi connectivity index (χ4n) is 13.8.